The van der Waals surface area contributed by atoms with Crippen molar-refractivity contribution in [3.8, 4) is 22.5 Å². The van der Waals surface area contributed by atoms with Crippen molar-refractivity contribution in [1.29, 1.82) is 0 Å². The molecule has 0 saturated heterocycles. The SMILES string of the molecule is CC(C)(c1cccc(-c2cnc(F)c(F)c2)n1)c1cccc(-c2cnc(F)c(F)c2)n1. The van der Waals surface area contributed by atoms with Gasteiger partial charge in [-0.15, -0.1) is 0 Å². The van der Waals surface area contributed by atoms with Gasteiger partial charge in [-0.3, -0.25) is 9.97 Å². The van der Waals surface area contributed by atoms with Crippen molar-refractivity contribution in [2.45, 2.75) is 19.3 Å². The standard InChI is InChI=1S/C23H16F4N4/c1-23(2,19-7-3-5-17(30-19)13-9-15(24)21(26)28-11-13)20-8-4-6-18(31-20)14-10-16(25)22(27)29-12-14/h3-12H,1-2H3. The Kier molecular flexibility index (Phi) is 5.22. The lowest BCUT2D eigenvalue weighted by Crippen LogP contribution is -2.22. The van der Waals surface area contributed by atoms with Gasteiger partial charge in [-0.1, -0.05) is 12.1 Å². The molecule has 0 unspecified atom stereocenters. The summed E-state index contributed by atoms with van der Waals surface area (Å²) in [7, 11) is 0. The summed E-state index contributed by atoms with van der Waals surface area (Å²) in [4.78, 5) is 16.0. The number of rotatable bonds is 4. The van der Waals surface area contributed by atoms with E-state index in [0.717, 1.165) is 12.1 Å². The first-order valence-corrected chi connectivity index (χ1v) is 9.33. The van der Waals surface area contributed by atoms with Gasteiger partial charge in [0.15, 0.2) is 11.6 Å². The molecular formula is C23H16F4N4. The molecule has 0 aliphatic carbocycles. The molecule has 0 aliphatic heterocycles. The number of hydrogen-bond donors (Lipinski definition) is 0. The Morgan fingerprint density at radius 1 is 0.645 bits per heavy atom. The fourth-order valence-electron chi connectivity index (χ4n) is 3.14. The fourth-order valence-corrected chi connectivity index (χ4v) is 3.14. The van der Waals surface area contributed by atoms with E-state index in [1.807, 2.05) is 13.8 Å². The third kappa shape index (κ3) is 4.01. The number of nitrogens with zero attached hydrogens (tertiary/aromatic N) is 4. The van der Waals surface area contributed by atoms with E-state index in [9.17, 15) is 17.6 Å². The van der Waals surface area contributed by atoms with E-state index in [4.69, 9.17) is 0 Å². The lowest BCUT2D eigenvalue weighted by Gasteiger charge is -2.24. The van der Waals surface area contributed by atoms with Crippen LogP contribution in [0.4, 0.5) is 17.6 Å². The maximum atomic E-state index is 13.6. The van der Waals surface area contributed by atoms with Crippen LogP contribution in [0, 0.1) is 23.5 Å². The molecule has 4 heterocycles. The molecule has 0 aliphatic rings. The van der Waals surface area contributed by atoms with E-state index < -0.39 is 28.9 Å². The van der Waals surface area contributed by atoms with Crippen LogP contribution < -0.4 is 0 Å². The normalized spacial score (nSPS) is 11.5. The minimum atomic E-state index is -1.17. The Balaban J connectivity index is 1.73. The first kappa shape index (κ1) is 20.6. The Morgan fingerprint density at radius 3 is 1.45 bits per heavy atom. The highest BCUT2D eigenvalue weighted by Gasteiger charge is 2.27. The molecule has 0 atom stereocenters. The van der Waals surface area contributed by atoms with E-state index in [0.29, 0.717) is 33.9 Å². The van der Waals surface area contributed by atoms with Gasteiger partial charge in [-0.25, -0.2) is 18.7 Å². The molecule has 0 bridgehead atoms. The van der Waals surface area contributed by atoms with E-state index in [1.165, 1.54) is 12.4 Å². The van der Waals surface area contributed by atoms with Crippen LogP contribution in [0.3, 0.4) is 0 Å². The summed E-state index contributed by atoms with van der Waals surface area (Å²) in [5.74, 6) is -4.46. The van der Waals surface area contributed by atoms with E-state index in [2.05, 4.69) is 19.9 Å². The third-order valence-corrected chi connectivity index (χ3v) is 4.96. The molecule has 0 amide bonds. The maximum Gasteiger partial charge on any atom is 0.248 e. The highest BCUT2D eigenvalue weighted by molar-refractivity contribution is 5.60. The molecule has 0 radical (unpaired) electrons. The molecule has 4 nitrogen and oxygen atoms in total. The quantitative estimate of drug-likeness (QED) is 0.321. The first-order chi connectivity index (χ1) is 14.8. The van der Waals surface area contributed by atoms with Gasteiger partial charge in [-0.05, 0) is 50.2 Å². The summed E-state index contributed by atoms with van der Waals surface area (Å²) in [5.41, 5.74) is 2.10. The molecule has 4 aromatic heterocycles. The van der Waals surface area contributed by atoms with Crippen LogP contribution in [-0.2, 0) is 5.41 Å². The minimum Gasteiger partial charge on any atom is -0.252 e. The predicted octanol–water partition coefficient (Wildman–Crippen LogP) is 5.48. The van der Waals surface area contributed by atoms with E-state index in [1.54, 1.807) is 36.4 Å². The smallest absolute Gasteiger partial charge is 0.248 e. The molecular weight excluding hydrogens is 408 g/mol. The van der Waals surface area contributed by atoms with Crippen LogP contribution in [0.25, 0.3) is 22.5 Å². The zero-order chi connectivity index (χ0) is 22.2. The van der Waals surface area contributed by atoms with Crippen molar-refractivity contribution in [1.82, 2.24) is 19.9 Å². The second-order valence-corrected chi connectivity index (χ2v) is 7.43. The molecule has 4 rings (SSSR count). The predicted molar refractivity (Wildman–Crippen MR) is 107 cm³/mol. The minimum absolute atomic E-state index is 0.339. The van der Waals surface area contributed by atoms with Crippen LogP contribution in [0.2, 0.25) is 0 Å². The molecule has 0 aromatic carbocycles. The zero-order valence-electron chi connectivity index (χ0n) is 16.6. The summed E-state index contributed by atoms with van der Waals surface area (Å²) >= 11 is 0. The molecule has 31 heavy (non-hydrogen) atoms. The first-order valence-electron chi connectivity index (χ1n) is 9.33. The van der Waals surface area contributed by atoms with Gasteiger partial charge in [0.1, 0.15) is 0 Å². The topological polar surface area (TPSA) is 51.6 Å². The summed E-state index contributed by atoms with van der Waals surface area (Å²) in [6.45, 7) is 3.80. The second-order valence-electron chi connectivity index (χ2n) is 7.43. The summed E-state index contributed by atoms with van der Waals surface area (Å²) < 4.78 is 53.5. The van der Waals surface area contributed by atoms with Crippen molar-refractivity contribution >= 4 is 0 Å². The number of hydrogen-bond acceptors (Lipinski definition) is 4. The highest BCUT2D eigenvalue weighted by Crippen LogP contribution is 2.32. The van der Waals surface area contributed by atoms with Crippen molar-refractivity contribution < 1.29 is 17.6 Å². The summed E-state index contributed by atoms with van der Waals surface area (Å²) in [6, 6.07) is 12.5. The second kappa shape index (κ2) is 7.86. The van der Waals surface area contributed by atoms with Crippen LogP contribution in [0.15, 0.2) is 60.9 Å². The van der Waals surface area contributed by atoms with Crippen LogP contribution in [0.1, 0.15) is 25.2 Å². The number of aromatic nitrogens is 4. The van der Waals surface area contributed by atoms with Gasteiger partial charge in [-0.2, -0.15) is 8.78 Å². The van der Waals surface area contributed by atoms with Gasteiger partial charge >= 0.3 is 0 Å². The summed E-state index contributed by atoms with van der Waals surface area (Å²) in [6.07, 6.45) is 2.43. The fraction of sp³-hybridized carbons (Fsp3) is 0.130. The molecule has 0 saturated carbocycles. The monoisotopic (exact) mass is 424 g/mol. The van der Waals surface area contributed by atoms with Gasteiger partial charge in [0, 0.05) is 28.9 Å². The van der Waals surface area contributed by atoms with Crippen molar-refractivity contribution in [3.05, 3.63) is 95.8 Å². The Morgan fingerprint density at radius 2 is 1.06 bits per heavy atom. The van der Waals surface area contributed by atoms with Gasteiger partial charge in [0.2, 0.25) is 11.9 Å². The molecule has 156 valence electrons. The highest BCUT2D eigenvalue weighted by atomic mass is 19.2. The van der Waals surface area contributed by atoms with Crippen molar-refractivity contribution in [2.24, 2.45) is 0 Å². The Hall–Kier alpha value is -3.68. The number of halogens is 4. The maximum absolute atomic E-state index is 13.6. The zero-order valence-corrected chi connectivity index (χ0v) is 16.6. The third-order valence-electron chi connectivity index (χ3n) is 4.96. The molecule has 4 aromatic rings. The van der Waals surface area contributed by atoms with E-state index >= 15 is 0 Å². The van der Waals surface area contributed by atoms with E-state index in [-0.39, 0.29) is 0 Å². The largest absolute Gasteiger partial charge is 0.252 e. The average Bonchev–Trinajstić information content (AvgIpc) is 2.77. The lowest BCUT2D eigenvalue weighted by atomic mass is 9.84. The Bertz CT molecular complexity index is 1180. The number of pyridine rings is 4. The molecule has 8 heteroatoms. The summed E-state index contributed by atoms with van der Waals surface area (Å²) in [5, 5.41) is 0. The molecule has 0 spiro atoms. The van der Waals surface area contributed by atoms with Crippen LogP contribution >= 0.6 is 0 Å². The molecule has 0 N–H and O–H groups in total. The van der Waals surface area contributed by atoms with Gasteiger partial charge in [0.05, 0.1) is 22.8 Å². The van der Waals surface area contributed by atoms with Crippen molar-refractivity contribution in [3.63, 3.8) is 0 Å². The van der Waals surface area contributed by atoms with Gasteiger partial charge < -0.3 is 0 Å². The Labute approximate surface area is 175 Å². The van der Waals surface area contributed by atoms with Crippen molar-refractivity contribution in [2.75, 3.05) is 0 Å². The van der Waals surface area contributed by atoms with Crippen LogP contribution in [-0.4, -0.2) is 19.9 Å². The molecule has 0 fully saturated rings. The van der Waals surface area contributed by atoms with Gasteiger partial charge in [0.25, 0.3) is 0 Å². The van der Waals surface area contributed by atoms with Crippen LogP contribution in [0.5, 0.6) is 0 Å². The average molecular weight is 424 g/mol. The lowest BCUT2D eigenvalue weighted by molar-refractivity contribution is 0.480.